The van der Waals surface area contributed by atoms with E-state index in [-0.39, 0.29) is 11.9 Å². The predicted octanol–water partition coefficient (Wildman–Crippen LogP) is 3.46. The van der Waals surface area contributed by atoms with Crippen LogP contribution in [0.2, 0.25) is 0 Å². The molecule has 2 N–H and O–H groups in total. The first-order valence-corrected chi connectivity index (χ1v) is 10.5. The number of aryl methyl sites for hydroxylation is 2. The Morgan fingerprint density at radius 2 is 2.03 bits per heavy atom. The minimum atomic E-state index is -4.55. The second-order valence-electron chi connectivity index (χ2n) is 7.74. The standard InChI is InChI=1S/C21H20F3N5O2S/c1-12-6-14(8-15(7-12)26-19-25-5-4-17(27-19)21(22,23)24)16-9-29(3)18(32-16)20(10-31-11-20)28-13(2)30/h4-9H,10-11H2,1-3H3,(H-,25,26,27,28,30)/p+1. The van der Waals surface area contributed by atoms with E-state index in [1.54, 1.807) is 6.07 Å². The quantitative estimate of drug-likeness (QED) is 0.566. The fourth-order valence-electron chi connectivity index (χ4n) is 3.60. The molecule has 0 radical (unpaired) electrons. The number of benzene rings is 1. The Labute approximate surface area is 186 Å². The molecule has 3 aromatic rings. The molecule has 7 nitrogen and oxygen atoms in total. The molecule has 2 aromatic heterocycles. The van der Waals surface area contributed by atoms with Gasteiger partial charge < -0.3 is 15.4 Å². The van der Waals surface area contributed by atoms with Gasteiger partial charge in [0.05, 0.1) is 13.2 Å². The van der Waals surface area contributed by atoms with Crippen molar-refractivity contribution in [3.63, 3.8) is 0 Å². The number of nitrogens with one attached hydrogen (secondary N) is 2. The second-order valence-corrected chi connectivity index (χ2v) is 8.77. The maximum absolute atomic E-state index is 13.0. The van der Waals surface area contributed by atoms with Gasteiger partial charge in [-0.1, -0.05) is 17.4 Å². The molecular weight excluding hydrogens is 443 g/mol. The molecule has 168 valence electrons. The Kier molecular flexibility index (Phi) is 5.63. The zero-order chi connectivity index (χ0) is 23.1. The molecule has 0 unspecified atom stereocenters. The highest BCUT2D eigenvalue weighted by atomic mass is 32.1. The molecule has 1 amide bonds. The third kappa shape index (κ3) is 4.44. The highest BCUT2D eigenvalue weighted by Crippen LogP contribution is 2.36. The average Bonchev–Trinajstić information content (AvgIpc) is 3.06. The van der Waals surface area contributed by atoms with Gasteiger partial charge in [-0.2, -0.15) is 17.7 Å². The molecule has 1 saturated heterocycles. The zero-order valence-electron chi connectivity index (χ0n) is 17.6. The zero-order valence-corrected chi connectivity index (χ0v) is 18.4. The van der Waals surface area contributed by atoms with E-state index in [0.717, 1.165) is 33.3 Å². The van der Waals surface area contributed by atoms with Crippen LogP contribution in [0.1, 0.15) is 23.2 Å². The molecule has 0 aliphatic carbocycles. The van der Waals surface area contributed by atoms with E-state index in [9.17, 15) is 18.0 Å². The summed E-state index contributed by atoms with van der Waals surface area (Å²) in [6.07, 6.45) is -1.52. The fraction of sp³-hybridized carbons (Fsp3) is 0.333. The van der Waals surface area contributed by atoms with Gasteiger partial charge in [-0.3, -0.25) is 4.79 Å². The summed E-state index contributed by atoms with van der Waals surface area (Å²) < 4.78 is 46.2. The number of anilines is 2. The van der Waals surface area contributed by atoms with Crippen LogP contribution in [0, 0.1) is 6.92 Å². The Balaban J connectivity index is 1.65. The van der Waals surface area contributed by atoms with Crippen molar-refractivity contribution in [1.29, 1.82) is 0 Å². The van der Waals surface area contributed by atoms with Gasteiger partial charge in [-0.25, -0.2) is 9.97 Å². The molecule has 1 fully saturated rings. The average molecular weight is 464 g/mol. The number of alkyl halides is 3. The van der Waals surface area contributed by atoms with Crippen LogP contribution in [-0.4, -0.2) is 29.1 Å². The van der Waals surface area contributed by atoms with Gasteiger partial charge in [0.15, 0.2) is 11.7 Å². The third-order valence-electron chi connectivity index (χ3n) is 4.92. The van der Waals surface area contributed by atoms with Crippen LogP contribution in [0.25, 0.3) is 10.4 Å². The van der Waals surface area contributed by atoms with Crippen molar-refractivity contribution in [3.05, 3.63) is 52.9 Å². The summed E-state index contributed by atoms with van der Waals surface area (Å²) in [4.78, 5) is 20.1. The molecule has 0 bridgehead atoms. The molecule has 1 aliphatic rings. The summed E-state index contributed by atoms with van der Waals surface area (Å²) in [5, 5.41) is 6.81. The van der Waals surface area contributed by atoms with Crippen molar-refractivity contribution < 1.29 is 27.3 Å². The molecule has 0 saturated carbocycles. The normalized spacial score (nSPS) is 15.2. The maximum atomic E-state index is 13.0. The van der Waals surface area contributed by atoms with Crippen LogP contribution < -0.4 is 15.2 Å². The van der Waals surface area contributed by atoms with Gasteiger partial charge in [0.25, 0.3) is 5.01 Å². The summed E-state index contributed by atoms with van der Waals surface area (Å²) in [6.45, 7) is 4.17. The van der Waals surface area contributed by atoms with Crippen LogP contribution in [-0.2, 0) is 28.3 Å². The van der Waals surface area contributed by atoms with Crippen molar-refractivity contribution in [2.45, 2.75) is 25.6 Å². The highest BCUT2D eigenvalue weighted by Gasteiger charge is 2.49. The third-order valence-corrected chi connectivity index (χ3v) is 6.36. The summed E-state index contributed by atoms with van der Waals surface area (Å²) in [5.74, 6) is -0.267. The van der Waals surface area contributed by atoms with E-state index in [0.29, 0.717) is 18.9 Å². The Morgan fingerprint density at radius 1 is 1.28 bits per heavy atom. The lowest BCUT2D eigenvalue weighted by molar-refractivity contribution is -0.679. The summed E-state index contributed by atoms with van der Waals surface area (Å²) in [5.41, 5.74) is 0.798. The number of hydrogen-bond donors (Lipinski definition) is 2. The van der Waals surface area contributed by atoms with E-state index in [1.807, 2.05) is 36.9 Å². The van der Waals surface area contributed by atoms with Crippen molar-refractivity contribution in [2.24, 2.45) is 7.05 Å². The van der Waals surface area contributed by atoms with E-state index in [2.05, 4.69) is 20.6 Å². The number of nitrogens with zero attached hydrogens (tertiary/aromatic N) is 3. The number of amides is 1. The second kappa shape index (κ2) is 8.14. The van der Waals surface area contributed by atoms with E-state index in [4.69, 9.17) is 4.74 Å². The van der Waals surface area contributed by atoms with Gasteiger partial charge in [0.2, 0.25) is 11.9 Å². The van der Waals surface area contributed by atoms with E-state index < -0.39 is 17.4 Å². The maximum Gasteiger partial charge on any atom is 0.433 e. The lowest BCUT2D eigenvalue weighted by atomic mass is 9.98. The Bertz CT molecular complexity index is 1170. The molecule has 11 heteroatoms. The van der Waals surface area contributed by atoms with E-state index >= 15 is 0 Å². The predicted molar refractivity (Wildman–Crippen MR) is 112 cm³/mol. The Morgan fingerprint density at radius 3 is 2.66 bits per heavy atom. The highest BCUT2D eigenvalue weighted by molar-refractivity contribution is 7.14. The number of carbonyl (C=O) groups is 1. The molecular formula is C21H21F3N5O2S+. The van der Waals surface area contributed by atoms with Gasteiger partial charge in [0.1, 0.15) is 17.6 Å². The van der Waals surface area contributed by atoms with Crippen molar-refractivity contribution in [2.75, 3.05) is 18.5 Å². The number of ether oxygens (including phenoxy) is 1. The first-order valence-electron chi connectivity index (χ1n) is 9.71. The van der Waals surface area contributed by atoms with Gasteiger partial charge in [-0.15, -0.1) is 0 Å². The first kappa shape index (κ1) is 22.2. The van der Waals surface area contributed by atoms with Gasteiger partial charge in [-0.05, 0) is 30.7 Å². The number of carbonyl (C=O) groups excluding carboxylic acids is 1. The molecule has 1 aliphatic heterocycles. The van der Waals surface area contributed by atoms with Crippen LogP contribution in [0.3, 0.4) is 0 Å². The van der Waals surface area contributed by atoms with Crippen LogP contribution in [0.5, 0.6) is 0 Å². The molecule has 4 rings (SSSR count). The topological polar surface area (TPSA) is 80.0 Å². The lowest BCUT2D eigenvalue weighted by Gasteiger charge is -2.37. The lowest BCUT2D eigenvalue weighted by Crippen LogP contribution is -2.62. The first-order chi connectivity index (χ1) is 15.1. The molecule has 1 aromatic carbocycles. The SMILES string of the molecule is CC(=O)NC1(c2sc(-c3cc(C)cc(Nc4nccc(C(F)(F)F)n4)c3)c[n+]2C)COC1. The van der Waals surface area contributed by atoms with Crippen LogP contribution in [0.4, 0.5) is 24.8 Å². The van der Waals surface area contributed by atoms with Crippen LogP contribution in [0.15, 0.2) is 36.7 Å². The Hall–Kier alpha value is -3.05. The monoisotopic (exact) mass is 464 g/mol. The molecule has 0 atom stereocenters. The molecule has 3 heterocycles. The molecule has 0 spiro atoms. The summed E-state index contributed by atoms with van der Waals surface area (Å²) in [7, 11) is 1.91. The van der Waals surface area contributed by atoms with Gasteiger partial charge in [0, 0.05) is 24.4 Å². The molecule has 32 heavy (non-hydrogen) atoms. The van der Waals surface area contributed by atoms with Gasteiger partial charge >= 0.3 is 6.18 Å². The smallest absolute Gasteiger partial charge is 0.375 e. The summed E-state index contributed by atoms with van der Waals surface area (Å²) >= 11 is 1.53. The fourth-order valence-corrected chi connectivity index (χ4v) is 4.82. The van der Waals surface area contributed by atoms with Crippen molar-refractivity contribution in [3.8, 4) is 10.4 Å². The number of halogens is 3. The minimum absolute atomic E-state index is 0.133. The number of aromatic nitrogens is 3. The minimum Gasteiger partial charge on any atom is -0.375 e. The summed E-state index contributed by atoms with van der Waals surface area (Å²) in [6, 6.07) is 6.44. The van der Waals surface area contributed by atoms with Crippen molar-refractivity contribution in [1.82, 2.24) is 15.3 Å². The largest absolute Gasteiger partial charge is 0.433 e. The van der Waals surface area contributed by atoms with Crippen LogP contribution >= 0.6 is 11.3 Å². The van der Waals surface area contributed by atoms with E-state index in [1.165, 1.54) is 18.3 Å². The van der Waals surface area contributed by atoms with Crippen molar-refractivity contribution >= 4 is 28.9 Å². The number of thiazole rings is 1. The number of hydrogen-bond acceptors (Lipinski definition) is 6. The number of rotatable bonds is 5.